The molecule has 1 atom stereocenters. The number of para-hydroxylation sites is 1. The zero-order chi connectivity index (χ0) is 24.9. The fourth-order valence-corrected chi connectivity index (χ4v) is 5.27. The lowest BCUT2D eigenvalue weighted by Gasteiger charge is -2.22. The number of anilines is 2. The number of carbonyl (C=O) groups excluding carboxylic acids is 2. The van der Waals surface area contributed by atoms with Gasteiger partial charge < -0.3 is 24.4 Å². The number of thioether (sulfide) groups is 1. The van der Waals surface area contributed by atoms with Gasteiger partial charge in [-0.1, -0.05) is 29.8 Å². The van der Waals surface area contributed by atoms with E-state index >= 15 is 0 Å². The number of rotatable bonds is 7. The summed E-state index contributed by atoms with van der Waals surface area (Å²) in [4.78, 5) is 28.8. The lowest BCUT2D eigenvalue weighted by Crippen LogP contribution is -2.38. The Kier molecular flexibility index (Phi) is 7.51. The highest BCUT2D eigenvalue weighted by Gasteiger charge is 2.31. The second-order valence-corrected chi connectivity index (χ2v) is 9.38. The molecule has 0 aromatic heterocycles. The van der Waals surface area contributed by atoms with Gasteiger partial charge in [0.05, 0.1) is 27.0 Å². The summed E-state index contributed by atoms with van der Waals surface area (Å²) in [7, 11) is 4.69. The fraction of sp³-hybridized carbons (Fsp3) is 0.259. The number of carbonyl (C=O) groups is 2. The summed E-state index contributed by atoms with van der Waals surface area (Å²) in [5.41, 5.74) is 3.39. The van der Waals surface area contributed by atoms with E-state index in [9.17, 15) is 9.59 Å². The Hall–Kier alpha value is -3.65. The van der Waals surface area contributed by atoms with E-state index in [4.69, 9.17) is 14.2 Å². The molecule has 1 aliphatic rings. The van der Waals surface area contributed by atoms with Crippen molar-refractivity contribution in [2.24, 2.45) is 0 Å². The second kappa shape index (κ2) is 10.7. The molecule has 1 N–H and O–H groups in total. The highest BCUT2D eigenvalue weighted by atomic mass is 32.2. The van der Waals surface area contributed by atoms with E-state index < -0.39 is 0 Å². The molecule has 8 heteroatoms. The van der Waals surface area contributed by atoms with Crippen molar-refractivity contribution in [3.05, 3.63) is 71.8 Å². The van der Waals surface area contributed by atoms with Crippen molar-refractivity contribution < 1.29 is 23.8 Å². The highest BCUT2D eigenvalue weighted by molar-refractivity contribution is 7.99. The molecule has 1 unspecified atom stereocenters. The molecule has 0 bridgehead atoms. The molecule has 0 spiro atoms. The molecule has 0 saturated carbocycles. The van der Waals surface area contributed by atoms with E-state index in [0.717, 1.165) is 21.7 Å². The largest absolute Gasteiger partial charge is 0.493 e. The Balaban J connectivity index is 1.63. The lowest BCUT2D eigenvalue weighted by molar-refractivity contribution is -0.121. The quantitative estimate of drug-likeness (QED) is 0.487. The van der Waals surface area contributed by atoms with Crippen LogP contribution in [-0.4, -0.2) is 39.7 Å². The average Bonchev–Trinajstić information content (AvgIpc) is 3.00. The second-order valence-electron chi connectivity index (χ2n) is 8.13. The number of hydrogen-bond acceptors (Lipinski definition) is 6. The van der Waals surface area contributed by atoms with Gasteiger partial charge in [0.25, 0.3) is 0 Å². The average molecular weight is 493 g/mol. The fourth-order valence-electron chi connectivity index (χ4n) is 4.01. The number of fused-ring (bicyclic) bond motifs is 1. The number of ether oxygens (including phenoxy) is 3. The minimum absolute atomic E-state index is 0.0771. The molecule has 35 heavy (non-hydrogen) atoms. The van der Waals surface area contributed by atoms with Gasteiger partial charge in [0, 0.05) is 22.3 Å². The van der Waals surface area contributed by atoms with Crippen LogP contribution in [-0.2, 0) is 9.59 Å². The number of methoxy groups -OCH3 is 3. The minimum Gasteiger partial charge on any atom is -0.493 e. The van der Waals surface area contributed by atoms with Crippen LogP contribution in [0.1, 0.15) is 22.8 Å². The van der Waals surface area contributed by atoms with Crippen LogP contribution in [0.2, 0.25) is 0 Å². The molecule has 0 fully saturated rings. The van der Waals surface area contributed by atoms with E-state index in [1.807, 2.05) is 67.6 Å². The monoisotopic (exact) mass is 492 g/mol. The third-order valence-corrected chi connectivity index (χ3v) is 7.10. The van der Waals surface area contributed by atoms with Crippen LogP contribution in [0.25, 0.3) is 0 Å². The first kappa shape index (κ1) is 24.5. The van der Waals surface area contributed by atoms with Crippen molar-refractivity contribution in [1.82, 2.24) is 0 Å². The molecule has 0 radical (unpaired) electrons. The van der Waals surface area contributed by atoms with Crippen LogP contribution in [0.4, 0.5) is 11.4 Å². The number of aryl methyl sites for hydroxylation is 1. The van der Waals surface area contributed by atoms with E-state index in [0.29, 0.717) is 22.9 Å². The molecule has 3 aromatic rings. The van der Waals surface area contributed by atoms with Gasteiger partial charge in [-0.25, -0.2) is 0 Å². The Bertz CT molecular complexity index is 1200. The van der Waals surface area contributed by atoms with Gasteiger partial charge >= 0.3 is 0 Å². The molecule has 1 aliphatic heterocycles. The topological polar surface area (TPSA) is 77.1 Å². The Labute approximate surface area is 209 Å². The summed E-state index contributed by atoms with van der Waals surface area (Å²) in [6, 6.07) is 18.9. The van der Waals surface area contributed by atoms with E-state index in [1.165, 1.54) is 0 Å². The number of amides is 2. The lowest BCUT2D eigenvalue weighted by atomic mass is 10.1. The molecule has 182 valence electrons. The van der Waals surface area contributed by atoms with Gasteiger partial charge in [-0.2, -0.15) is 0 Å². The van der Waals surface area contributed by atoms with Crippen molar-refractivity contribution in [1.29, 1.82) is 0 Å². The summed E-state index contributed by atoms with van der Waals surface area (Å²) in [5.74, 6) is 1.16. The highest BCUT2D eigenvalue weighted by Crippen LogP contribution is 2.49. The van der Waals surface area contributed by atoms with Gasteiger partial charge in [-0.15, -0.1) is 11.8 Å². The molecule has 4 rings (SSSR count). The molecule has 2 amide bonds. The molecule has 7 nitrogen and oxygen atoms in total. The Morgan fingerprint density at radius 2 is 1.66 bits per heavy atom. The van der Waals surface area contributed by atoms with Gasteiger partial charge in [-0.3, -0.25) is 9.59 Å². The first-order valence-electron chi connectivity index (χ1n) is 11.2. The van der Waals surface area contributed by atoms with Crippen molar-refractivity contribution in [3.63, 3.8) is 0 Å². The van der Waals surface area contributed by atoms with Gasteiger partial charge in [0.2, 0.25) is 17.6 Å². The van der Waals surface area contributed by atoms with Crippen LogP contribution in [0.5, 0.6) is 17.2 Å². The normalized spacial score (nSPS) is 15.1. The third-order valence-electron chi connectivity index (χ3n) is 5.78. The van der Waals surface area contributed by atoms with Crippen molar-refractivity contribution in [2.45, 2.75) is 23.5 Å². The first-order valence-corrected chi connectivity index (χ1v) is 12.0. The molecule has 1 heterocycles. The summed E-state index contributed by atoms with van der Waals surface area (Å²) >= 11 is 1.58. The van der Waals surface area contributed by atoms with Crippen LogP contribution in [0.15, 0.2) is 65.6 Å². The molecule has 3 aromatic carbocycles. The third kappa shape index (κ3) is 5.38. The molecular formula is C27H28N2O5S. The predicted octanol–water partition coefficient (Wildman–Crippen LogP) is 5.23. The van der Waals surface area contributed by atoms with Crippen LogP contribution in [0, 0.1) is 6.92 Å². The summed E-state index contributed by atoms with van der Waals surface area (Å²) in [5, 5.41) is 2.68. The number of nitrogens with one attached hydrogen (secondary N) is 1. The van der Waals surface area contributed by atoms with Crippen LogP contribution in [0.3, 0.4) is 0 Å². The van der Waals surface area contributed by atoms with Gasteiger partial charge in [0.1, 0.15) is 6.54 Å². The Morgan fingerprint density at radius 3 is 2.29 bits per heavy atom. The maximum absolute atomic E-state index is 13.5. The first-order chi connectivity index (χ1) is 16.9. The minimum atomic E-state index is -0.256. The maximum atomic E-state index is 13.5. The van der Waals surface area contributed by atoms with Gasteiger partial charge in [-0.05, 0) is 48.9 Å². The smallest absolute Gasteiger partial charge is 0.244 e. The van der Waals surface area contributed by atoms with E-state index in [2.05, 4.69) is 5.32 Å². The van der Waals surface area contributed by atoms with E-state index in [-0.39, 0.29) is 30.0 Å². The summed E-state index contributed by atoms with van der Waals surface area (Å²) < 4.78 is 16.5. The number of benzene rings is 3. The summed E-state index contributed by atoms with van der Waals surface area (Å²) in [6.45, 7) is 1.91. The van der Waals surface area contributed by atoms with Crippen molar-refractivity contribution >= 4 is 35.0 Å². The van der Waals surface area contributed by atoms with Crippen LogP contribution >= 0.6 is 11.8 Å². The molecule has 0 saturated heterocycles. The standard InChI is InChI=1S/C27H28N2O5S/c1-17-9-11-19(12-10-17)28-25(30)16-29-20-7-5-6-8-23(20)35-24(15-26(29)31)18-13-21(32-2)27(34-4)22(14-18)33-3/h5-14,24H,15-16H2,1-4H3,(H,28,30). The van der Waals surface area contributed by atoms with Crippen LogP contribution < -0.4 is 24.4 Å². The maximum Gasteiger partial charge on any atom is 0.244 e. The summed E-state index contributed by atoms with van der Waals surface area (Å²) in [6.07, 6.45) is 0.204. The zero-order valence-corrected chi connectivity index (χ0v) is 21.0. The predicted molar refractivity (Wildman–Crippen MR) is 138 cm³/mol. The number of hydrogen-bond donors (Lipinski definition) is 1. The van der Waals surface area contributed by atoms with Gasteiger partial charge in [0.15, 0.2) is 11.5 Å². The van der Waals surface area contributed by atoms with E-state index in [1.54, 1.807) is 38.0 Å². The SMILES string of the molecule is COc1cc(C2CC(=O)N(CC(=O)Nc3ccc(C)cc3)c3ccccc3S2)cc(OC)c1OC. The van der Waals surface area contributed by atoms with Crippen molar-refractivity contribution in [2.75, 3.05) is 38.1 Å². The van der Waals surface area contributed by atoms with Crippen molar-refractivity contribution in [3.8, 4) is 17.2 Å². The Morgan fingerprint density at radius 1 is 1.00 bits per heavy atom. The number of nitrogens with zero attached hydrogens (tertiary/aromatic N) is 1. The molecule has 0 aliphatic carbocycles. The zero-order valence-electron chi connectivity index (χ0n) is 20.2. The molecular weight excluding hydrogens is 464 g/mol.